The summed E-state index contributed by atoms with van der Waals surface area (Å²) in [6.45, 7) is 9.55. The molecule has 0 aliphatic carbocycles. The van der Waals surface area contributed by atoms with Gasteiger partial charge in [-0.1, -0.05) is 20.8 Å². The summed E-state index contributed by atoms with van der Waals surface area (Å²) in [5, 5.41) is 3.21. The normalized spacial score (nSPS) is 14.2. The van der Waals surface area contributed by atoms with Gasteiger partial charge in [-0.2, -0.15) is 4.31 Å². The van der Waals surface area contributed by atoms with E-state index in [1.54, 1.807) is 19.3 Å². The first kappa shape index (κ1) is 17.2. The molecule has 6 heteroatoms. The Morgan fingerprint density at radius 1 is 1.35 bits per heavy atom. The predicted octanol–water partition coefficient (Wildman–Crippen LogP) is 1.80. The fraction of sp³-hybridized carbons (Fsp3) is 0.714. The molecule has 0 aromatic carbocycles. The Morgan fingerprint density at radius 2 is 1.95 bits per heavy atom. The predicted molar refractivity (Wildman–Crippen MR) is 82.0 cm³/mol. The van der Waals surface area contributed by atoms with Crippen molar-refractivity contribution in [1.29, 1.82) is 0 Å². The van der Waals surface area contributed by atoms with Crippen molar-refractivity contribution in [3.63, 3.8) is 0 Å². The van der Waals surface area contributed by atoms with E-state index in [9.17, 15) is 8.42 Å². The quantitative estimate of drug-likeness (QED) is 0.835. The first-order chi connectivity index (χ1) is 9.21. The molecule has 0 amide bonds. The van der Waals surface area contributed by atoms with E-state index < -0.39 is 10.0 Å². The summed E-state index contributed by atoms with van der Waals surface area (Å²) in [6, 6.07) is 1.72. The fourth-order valence-electron chi connectivity index (χ4n) is 1.95. The molecule has 1 atom stereocenters. The maximum atomic E-state index is 12.6. The third-order valence-electron chi connectivity index (χ3n) is 3.85. The summed E-state index contributed by atoms with van der Waals surface area (Å²) in [4.78, 5) is 0.364. The molecule has 5 nitrogen and oxygen atoms in total. The van der Waals surface area contributed by atoms with Crippen molar-refractivity contribution in [1.82, 2.24) is 14.2 Å². The molecular formula is C14H27N3O2S. The number of hydrogen-bond donors (Lipinski definition) is 1. The molecule has 0 aliphatic heterocycles. The van der Waals surface area contributed by atoms with Crippen molar-refractivity contribution in [2.45, 2.75) is 45.2 Å². The van der Waals surface area contributed by atoms with Crippen LogP contribution in [0.2, 0.25) is 0 Å². The number of nitrogens with one attached hydrogen (secondary N) is 1. The van der Waals surface area contributed by atoms with Crippen LogP contribution in [0.15, 0.2) is 17.2 Å². The van der Waals surface area contributed by atoms with Gasteiger partial charge >= 0.3 is 0 Å². The number of aromatic nitrogens is 1. The second kappa shape index (κ2) is 6.74. The maximum Gasteiger partial charge on any atom is 0.244 e. The zero-order chi connectivity index (χ0) is 15.5. The first-order valence-corrected chi connectivity index (χ1v) is 8.49. The van der Waals surface area contributed by atoms with Gasteiger partial charge in [-0.15, -0.1) is 0 Å². The molecule has 0 saturated carbocycles. The van der Waals surface area contributed by atoms with E-state index in [1.807, 2.05) is 39.3 Å². The molecule has 116 valence electrons. The van der Waals surface area contributed by atoms with Crippen molar-refractivity contribution in [3.05, 3.63) is 18.0 Å². The van der Waals surface area contributed by atoms with Crippen LogP contribution in [0.4, 0.5) is 0 Å². The zero-order valence-electron chi connectivity index (χ0n) is 13.3. The molecule has 0 spiro atoms. The highest BCUT2D eigenvalue weighted by molar-refractivity contribution is 7.89. The van der Waals surface area contributed by atoms with E-state index in [2.05, 4.69) is 5.32 Å². The molecule has 0 bridgehead atoms. The van der Waals surface area contributed by atoms with Crippen LogP contribution < -0.4 is 5.32 Å². The van der Waals surface area contributed by atoms with Gasteiger partial charge in [0.25, 0.3) is 0 Å². The van der Waals surface area contributed by atoms with Gasteiger partial charge in [0, 0.05) is 38.6 Å². The van der Waals surface area contributed by atoms with E-state index in [4.69, 9.17) is 0 Å². The lowest BCUT2D eigenvalue weighted by molar-refractivity contribution is 0.316. The minimum atomic E-state index is -3.43. The summed E-state index contributed by atoms with van der Waals surface area (Å²) in [7, 11) is 0.0971. The Hall–Kier alpha value is -0.850. The summed E-state index contributed by atoms with van der Waals surface area (Å²) in [5.74, 6) is 0.278. The maximum absolute atomic E-state index is 12.6. The Morgan fingerprint density at radius 3 is 2.45 bits per heavy atom. The SMILES string of the molecule is CCNCc1cc(S(=O)(=O)N(C)C(C)C(C)C)cn1C. The second-order valence-electron chi connectivity index (χ2n) is 5.56. The molecule has 1 heterocycles. The lowest BCUT2D eigenvalue weighted by Gasteiger charge is -2.26. The first-order valence-electron chi connectivity index (χ1n) is 7.05. The van der Waals surface area contributed by atoms with Crippen molar-refractivity contribution in [2.24, 2.45) is 13.0 Å². The average Bonchev–Trinajstić information content (AvgIpc) is 2.76. The lowest BCUT2D eigenvalue weighted by atomic mass is 10.1. The highest BCUT2D eigenvalue weighted by Crippen LogP contribution is 2.21. The van der Waals surface area contributed by atoms with Crippen molar-refractivity contribution in [3.8, 4) is 0 Å². The Balaban J connectivity index is 3.04. The van der Waals surface area contributed by atoms with Crippen LogP contribution in [-0.2, 0) is 23.6 Å². The standard InChI is InChI=1S/C14H27N3O2S/c1-7-15-9-13-8-14(10-16(13)5)20(18,19)17(6)12(4)11(2)3/h8,10-12,15H,7,9H2,1-6H3. The van der Waals surface area contributed by atoms with Crippen molar-refractivity contribution >= 4 is 10.0 Å². The van der Waals surface area contributed by atoms with E-state index >= 15 is 0 Å². The molecule has 1 unspecified atom stereocenters. The Kier molecular flexibility index (Phi) is 5.79. The van der Waals surface area contributed by atoms with Gasteiger partial charge in [0.2, 0.25) is 10.0 Å². The van der Waals surface area contributed by atoms with Gasteiger partial charge < -0.3 is 9.88 Å². The highest BCUT2D eigenvalue weighted by atomic mass is 32.2. The van der Waals surface area contributed by atoms with Crippen LogP contribution >= 0.6 is 0 Å². The largest absolute Gasteiger partial charge is 0.352 e. The Bertz CT molecular complexity index is 535. The van der Waals surface area contributed by atoms with Gasteiger partial charge in [0.1, 0.15) is 4.90 Å². The molecule has 1 aromatic heterocycles. The van der Waals surface area contributed by atoms with E-state index in [1.165, 1.54) is 4.31 Å². The van der Waals surface area contributed by atoms with E-state index in [0.29, 0.717) is 11.4 Å². The highest BCUT2D eigenvalue weighted by Gasteiger charge is 2.28. The van der Waals surface area contributed by atoms with Gasteiger partial charge in [-0.05, 0) is 25.5 Å². The minimum Gasteiger partial charge on any atom is -0.352 e. The second-order valence-corrected chi connectivity index (χ2v) is 7.56. The summed E-state index contributed by atoms with van der Waals surface area (Å²) >= 11 is 0. The molecule has 1 N–H and O–H groups in total. The van der Waals surface area contributed by atoms with E-state index in [0.717, 1.165) is 12.2 Å². The van der Waals surface area contributed by atoms with Gasteiger partial charge in [-0.25, -0.2) is 8.42 Å². The van der Waals surface area contributed by atoms with Gasteiger partial charge in [0.05, 0.1) is 0 Å². The van der Waals surface area contributed by atoms with Crippen LogP contribution in [0.5, 0.6) is 0 Å². The van der Waals surface area contributed by atoms with Gasteiger partial charge in [-0.3, -0.25) is 0 Å². The molecule has 0 fully saturated rings. The van der Waals surface area contributed by atoms with Crippen LogP contribution in [0.25, 0.3) is 0 Å². The monoisotopic (exact) mass is 301 g/mol. The molecule has 20 heavy (non-hydrogen) atoms. The zero-order valence-corrected chi connectivity index (χ0v) is 14.2. The number of hydrogen-bond acceptors (Lipinski definition) is 3. The average molecular weight is 301 g/mol. The third kappa shape index (κ3) is 3.62. The molecule has 0 saturated heterocycles. The smallest absolute Gasteiger partial charge is 0.244 e. The number of sulfonamides is 1. The minimum absolute atomic E-state index is 0.0302. The topological polar surface area (TPSA) is 54.3 Å². The molecular weight excluding hydrogens is 274 g/mol. The van der Waals surface area contributed by atoms with Crippen molar-refractivity contribution < 1.29 is 8.42 Å². The summed E-state index contributed by atoms with van der Waals surface area (Å²) in [6.07, 6.45) is 1.69. The fourth-order valence-corrected chi connectivity index (χ4v) is 3.54. The number of rotatable bonds is 7. The number of nitrogens with zero attached hydrogens (tertiary/aromatic N) is 2. The molecule has 1 aromatic rings. The van der Waals surface area contributed by atoms with Crippen LogP contribution in [0.1, 0.15) is 33.4 Å². The van der Waals surface area contributed by atoms with Crippen molar-refractivity contribution in [2.75, 3.05) is 13.6 Å². The Labute approximate surface area is 123 Å². The van der Waals surface area contributed by atoms with Crippen LogP contribution in [0, 0.1) is 5.92 Å². The number of aryl methyl sites for hydroxylation is 1. The molecule has 0 aliphatic rings. The van der Waals surface area contributed by atoms with E-state index in [-0.39, 0.29) is 12.0 Å². The third-order valence-corrected chi connectivity index (χ3v) is 5.76. The summed E-state index contributed by atoms with van der Waals surface area (Å²) < 4.78 is 28.5. The molecule has 0 radical (unpaired) electrons. The lowest BCUT2D eigenvalue weighted by Crippen LogP contribution is -2.38. The van der Waals surface area contributed by atoms with Crippen LogP contribution in [-0.4, -0.2) is 36.9 Å². The van der Waals surface area contributed by atoms with Gasteiger partial charge in [0.15, 0.2) is 0 Å². The van der Waals surface area contributed by atoms with Crippen LogP contribution in [0.3, 0.4) is 0 Å². The molecule has 1 rings (SSSR count). The summed E-state index contributed by atoms with van der Waals surface area (Å²) in [5.41, 5.74) is 0.969.